The van der Waals surface area contributed by atoms with Crippen LogP contribution in [-0.2, 0) is 15.6 Å². The Morgan fingerprint density at radius 2 is 2.25 bits per heavy atom. The number of carbonyl (C=O) groups is 1. The van der Waals surface area contributed by atoms with Crippen molar-refractivity contribution in [2.24, 2.45) is 0 Å². The molecule has 1 saturated heterocycles. The molecular weight excluding hydrogens is 224 g/mol. The zero-order valence-electron chi connectivity index (χ0n) is 10.4. The van der Waals surface area contributed by atoms with Crippen LogP contribution in [0.2, 0.25) is 0 Å². The van der Waals surface area contributed by atoms with E-state index in [1.54, 1.807) is 0 Å². The van der Waals surface area contributed by atoms with Crippen LogP contribution in [0.1, 0.15) is 27.2 Å². The van der Waals surface area contributed by atoms with Gasteiger partial charge in [-0.25, -0.2) is 0 Å². The van der Waals surface area contributed by atoms with Gasteiger partial charge in [-0.2, -0.15) is 0 Å². The topological polar surface area (TPSA) is 49.4 Å². The highest BCUT2D eigenvalue weighted by Crippen LogP contribution is 2.11. The Morgan fingerprint density at radius 1 is 1.56 bits per heavy atom. The average molecular weight is 246 g/mol. The number of hydrogen-bond donors (Lipinski definition) is 1. The van der Waals surface area contributed by atoms with Crippen molar-refractivity contribution < 1.29 is 9.00 Å². The molecule has 0 saturated carbocycles. The minimum absolute atomic E-state index is 0.0324. The molecule has 94 valence electrons. The summed E-state index contributed by atoms with van der Waals surface area (Å²) in [4.78, 5) is 13.7. The third-order valence-electron chi connectivity index (χ3n) is 2.74. The fraction of sp³-hybridized carbons (Fsp3) is 0.909. The summed E-state index contributed by atoms with van der Waals surface area (Å²) in [6.07, 6.45) is 0.871. The van der Waals surface area contributed by atoms with E-state index in [1.165, 1.54) is 0 Å². The summed E-state index contributed by atoms with van der Waals surface area (Å²) in [5.74, 6) is 1.45. The quantitative estimate of drug-likeness (QED) is 0.736. The van der Waals surface area contributed by atoms with Crippen molar-refractivity contribution in [2.75, 3.05) is 24.6 Å². The van der Waals surface area contributed by atoms with Crippen molar-refractivity contribution in [3.8, 4) is 0 Å². The van der Waals surface area contributed by atoms with E-state index in [9.17, 15) is 9.00 Å². The Hall–Kier alpha value is -0.420. The fourth-order valence-corrected chi connectivity index (χ4v) is 2.59. The number of nitrogens with one attached hydrogen (secondary N) is 1. The van der Waals surface area contributed by atoms with Gasteiger partial charge in [0.1, 0.15) is 0 Å². The van der Waals surface area contributed by atoms with E-state index in [0.29, 0.717) is 24.1 Å². The first kappa shape index (κ1) is 13.6. The van der Waals surface area contributed by atoms with Crippen molar-refractivity contribution in [3.63, 3.8) is 0 Å². The molecule has 0 bridgehead atoms. The highest BCUT2D eigenvalue weighted by Gasteiger charge is 2.31. The second-order valence-electron chi connectivity index (χ2n) is 4.42. The Balaban J connectivity index is 2.36. The molecule has 0 aromatic rings. The minimum atomic E-state index is -0.774. The van der Waals surface area contributed by atoms with Crippen LogP contribution in [-0.4, -0.2) is 51.7 Å². The van der Waals surface area contributed by atoms with Gasteiger partial charge in [0, 0.05) is 41.4 Å². The van der Waals surface area contributed by atoms with Crippen molar-refractivity contribution in [3.05, 3.63) is 0 Å². The standard InChI is InChI=1S/C11H22N2O2S/c1-4-16(15)8-7-13-6-5-10(11(13)14)12-9(2)3/h9-10,12H,4-8H2,1-3H3. The van der Waals surface area contributed by atoms with Crippen LogP contribution in [0.4, 0.5) is 0 Å². The Morgan fingerprint density at radius 3 is 2.81 bits per heavy atom. The zero-order chi connectivity index (χ0) is 12.1. The highest BCUT2D eigenvalue weighted by molar-refractivity contribution is 7.84. The van der Waals surface area contributed by atoms with Gasteiger partial charge in [-0.05, 0) is 6.42 Å². The molecule has 1 aliphatic heterocycles. The molecule has 5 heteroatoms. The van der Waals surface area contributed by atoms with Crippen molar-refractivity contribution >= 4 is 16.7 Å². The van der Waals surface area contributed by atoms with Crippen LogP contribution < -0.4 is 5.32 Å². The van der Waals surface area contributed by atoms with E-state index in [-0.39, 0.29) is 11.9 Å². The molecule has 16 heavy (non-hydrogen) atoms. The lowest BCUT2D eigenvalue weighted by Crippen LogP contribution is -2.42. The second kappa shape index (κ2) is 6.35. The molecule has 2 unspecified atom stereocenters. The van der Waals surface area contributed by atoms with Crippen molar-refractivity contribution in [1.82, 2.24) is 10.2 Å². The molecule has 1 fully saturated rings. The van der Waals surface area contributed by atoms with Crippen molar-refractivity contribution in [1.29, 1.82) is 0 Å². The third-order valence-corrected chi connectivity index (χ3v) is 4.02. The molecule has 1 aliphatic rings. The Kier molecular flexibility index (Phi) is 5.41. The minimum Gasteiger partial charge on any atom is -0.340 e. The maximum atomic E-state index is 11.9. The van der Waals surface area contributed by atoms with Gasteiger partial charge >= 0.3 is 0 Å². The Labute approximate surface area is 100 Å². The predicted octanol–water partition coefficient (Wildman–Crippen LogP) is 0.354. The van der Waals surface area contributed by atoms with Gasteiger partial charge in [0.2, 0.25) is 5.91 Å². The van der Waals surface area contributed by atoms with E-state index < -0.39 is 10.8 Å². The highest BCUT2D eigenvalue weighted by atomic mass is 32.2. The zero-order valence-corrected chi connectivity index (χ0v) is 11.2. The monoisotopic (exact) mass is 246 g/mol. The maximum Gasteiger partial charge on any atom is 0.239 e. The molecule has 1 rings (SSSR count). The number of likely N-dealkylation sites (tertiary alicyclic amines) is 1. The number of rotatable bonds is 6. The lowest BCUT2D eigenvalue weighted by atomic mass is 10.2. The molecule has 1 N–H and O–H groups in total. The molecule has 0 aromatic heterocycles. The molecule has 4 nitrogen and oxygen atoms in total. The van der Waals surface area contributed by atoms with Gasteiger partial charge in [0.25, 0.3) is 0 Å². The van der Waals surface area contributed by atoms with Gasteiger partial charge < -0.3 is 10.2 Å². The largest absolute Gasteiger partial charge is 0.340 e. The molecule has 0 aromatic carbocycles. The lowest BCUT2D eigenvalue weighted by Gasteiger charge is -2.17. The number of hydrogen-bond acceptors (Lipinski definition) is 3. The molecule has 2 atom stereocenters. The predicted molar refractivity (Wildman–Crippen MR) is 66.8 cm³/mol. The molecule has 1 heterocycles. The first-order chi connectivity index (χ1) is 7.54. The number of nitrogens with zero attached hydrogens (tertiary/aromatic N) is 1. The van der Waals surface area contributed by atoms with Gasteiger partial charge in [-0.15, -0.1) is 0 Å². The summed E-state index contributed by atoms with van der Waals surface area (Å²) >= 11 is 0. The van der Waals surface area contributed by atoms with Gasteiger partial charge in [0.15, 0.2) is 0 Å². The van der Waals surface area contributed by atoms with Gasteiger partial charge in [0.05, 0.1) is 6.04 Å². The van der Waals surface area contributed by atoms with E-state index in [1.807, 2.05) is 25.7 Å². The molecule has 0 radical (unpaired) electrons. The second-order valence-corrected chi connectivity index (χ2v) is 6.29. The summed E-state index contributed by atoms with van der Waals surface area (Å²) in [6, 6.07) is 0.300. The number of carbonyl (C=O) groups excluding carboxylic acids is 1. The van der Waals surface area contributed by atoms with Crippen LogP contribution in [0.25, 0.3) is 0 Å². The van der Waals surface area contributed by atoms with Crippen LogP contribution >= 0.6 is 0 Å². The number of amides is 1. The van der Waals surface area contributed by atoms with Crippen LogP contribution in [0.3, 0.4) is 0 Å². The third kappa shape index (κ3) is 3.87. The summed E-state index contributed by atoms with van der Waals surface area (Å²) in [5, 5.41) is 3.26. The van der Waals surface area contributed by atoms with E-state index in [0.717, 1.165) is 13.0 Å². The molecular formula is C11H22N2O2S. The average Bonchev–Trinajstić information content (AvgIpc) is 2.56. The summed E-state index contributed by atoms with van der Waals surface area (Å²) in [6.45, 7) is 7.43. The first-order valence-electron chi connectivity index (χ1n) is 5.94. The van der Waals surface area contributed by atoms with Crippen molar-refractivity contribution in [2.45, 2.75) is 39.3 Å². The smallest absolute Gasteiger partial charge is 0.239 e. The lowest BCUT2D eigenvalue weighted by molar-refractivity contribution is -0.129. The van der Waals surface area contributed by atoms with E-state index >= 15 is 0 Å². The Bertz CT molecular complexity index is 269. The molecule has 0 aliphatic carbocycles. The normalized spacial score (nSPS) is 23.1. The van der Waals surface area contributed by atoms with Gasteiger partial charge in [-0.3, -0.25) is 9.00 Å². The van der Waals surface area contributed by atoms with Crippen LogP contribution in [0.5, 0.6) is 0 Å². The summed E-state index contributed by atoms with van der Waals surface area (Å²) in [5.41, 5.74) is 0. The fourth-order valence-electron chi connectivity index (χ4n) is 1.87. The SMILES string of the molecule is CCS(=O)CCN1CCC(NC(C)C)C1=O. The summed E-state index contributed by atoms with van der Waals surface area (Å²) < 4.78 is 11.3. The van der Waals surface area contributed by atoms with E-state index in [4.69, 9.17) is 0 Å². The van der Waals surface area contributed by atoms with Gasteiger partial charge in [-0.1, -0.05) is 20.8 Å². The first-order valence-corrected chi connectivity index (χ1v) is 7.43. The summed E-state index contributed by atoms with van der Waals surface area (Å²) in [7, 11) is -0.774. The molecule has 0 spiro atoms. The van der Waals surface area contributed by atoms with E-state index in [2.05, 4.69) is 5.32 Å². The maximum absolute atomic E-state index is 11.9. The van der Waals surface area contributed by atoms with Crippen LogP contribution in [0, 0.1) is 0 Å². The van der Waals surface area contributed by atoms with Crippen LogP contribution in [0.15, 0.2) is 0 Å². The molecule has 1 amide bonds.